The lowest BCUT2D eigenvalue weighted by Gasteiger charge is -2.40. The van der Waals surface area contributed by atoms with Crippen molar-refractivity contribution in [2.75, 3.05) is 0 Å². The van der Waals surface area contributed by atoms with Crippen molar-refractivity contribution in [3.8, 4) is 0 Å². The van der Waals surface area contributed by atoms with Crippen LogP contribution in [0.2, 0.25) is 0 Å². The summed E-state index contributed by atoms with van der Waals surface area (Å²) in [5, 5.41) is 0. The van der Waals surface area contributed by atoms with Crippen molar-refractivity contribution in [3.63, 3.8) is 0 Å². The van der Waals surface area contributed by atoms with Gasteiger partial charge in [-0.15, -0.1) is 11.3 Å². The highest BCUT2D eigenvalue weighted by Gasteiger charge is 2.36. The van der Waals surface area contributed by atoms with Crippen LogP contribution in [-0.4, -0.2) is 11.0 Å². The highest BCUT2D eigenvalue weighted by Crippen LogP contribution is 2.47. The molecule has 1 aliphatic rings. The predicted octanol–water partition coefficient (Wildman–Crippen LogP) is 2.76. The third-order valence-electron chi connectivity index (χ3n) is 3.44. The molecule has 0 aromatic carbocycles. The Morgan fingerprint density at radius 2 is 2.36 bits per heavy atom. The van der Waals surface area contributed by atoms with Gasteiger partial charge in [0.25, 0.3) is 0 Å². The molecule has 2 rings (SSSR count). The van der Waals surface area contributed by atoms with Gasteiger partial charge in [0.1, 0.15) is 0 Å². The average Bonchev–Trinajstić information content (AvgIpc) is 2.62. The Balaban J connectivity index is 2.22. The summed E-state index contributed by atoms with van der Waals surface area (Å²) >= 11 is 1.77. The van der Waals surface area contributed by atoms with Crippen LogP contribution in [0.3, 0.4) is 0 Å². The second-order valence-electron chi connectivity index (χ2n) is 4.98. The van der Waals surface area contributed by atoms with E-state index in [9.17, 15) is 0 Å². The summed E-state index contributed by atoms with van der Waals surface area (Å²) < 4.78 is 0. The van der Waals surface area contributed by atoms with Crippen molar-refractivity contribution in [2.45, 2.75) is 45.1 Å². The van der Waals surface area contributed by atoms with Crippen LogP contribution in [0.15, 0.2) is 11.7 Å². The van der Waals surface area contributed by atoms with Gasteiger partial charge in [-0.3, -0.25) is 4.98 Å². The summed E-state index contributed by atoms with van der Waals surface area (Å²) in [6.07, 6.45) is 5.53. The molecule has 0 saturated heterocycles. The Morgan fingerprint density at radius 3 is 3.00 bits per heavy atom. The van der Waals surface area contributed by atoms with Gasteiger partial charge in [0, 0.05) is 23.0 Å². The number of rotatable bonds is 1. The first-order valence-electron chi connectivity index (χ1n) is 5.23. The Kier molecular flexibility index (Phi) is 2.62. The van der Waals surface area contributed by atoms with E-state index in [1.54, 1.807) is 11.3 Å². The summed E-state index contributed by atoms with van der Waals surface area (Å²) in [7, 11) is 0. The smallest absolute Gasteiger partial charge is 0.0794 e. The molecule has 0 bridgehead atoms. The van der Waals surface area contributed by atoms with Gasteiger partial charge in [-0.05, 0) is 24.7 Å². The van der Waals surface area contributed by atoms with Crippen molar-refractivity contribution in [2.24, 2.45) is 11.1 Å². The lowest BCUT2D eigenvalue weighted by molar-refractivity contribution is 0.185. The molecule has 1 fully saturated rings. The average molecular weight is 210 g/mol. The molecule has 1 aromatic rings. The van der Waals surface area contributed by atoms with Gasteiger partial charge in [0.15, 0.2) is 0 Å². The summed E-state index contributed by atoms with van der Waals surface area (Å²) in [5.74, 6) is 0.610. The second kappa shape index (κ2) is 3.63. The molecule has 0 aliphatic heterocycles. The minimum Gasteiger partial charge on any atom is -0.328 e. The van der Waals surface area contributed by atoms with Crippen LogP contribution >= 0.6 is 11.3 Å². The first-order valence-corrected chi connectivity index (χ1v) is 6.11. The molecule has 2 N–H and O–H groups in total. The molecule has 2 nitrogen and oxygen atoms in total. The van der Waals surface area contributed by atoms with Crippen molar-refractivity contribution >= 4 is 11.3 Å². The molecule has 78 valence electrons. The molecule has 1 aromatic heterocycles. The molecule has 0 spiro atoms. The topological polar surface area (TPSA) is 38.9 Å². The quantitative estimate of drug-likeness (QED) is 0.774. The fraction of sp³-hybridized carbons (Fsp3) is 0.727. The van der Waals surface area contributed by atoms with E-state index in [0.717, 1.165) is 6.42 Å². The van der Waals surface area contributed by atoms with Crippen LogP contribution in [0.4, 0.5) is 0 Å². The molecule has 0 amide bonds. The van der Waals surface area contributed by atoms with Gasteiger partial charge in [0.2, 0.25) is 0 Å². The number of hydrogen-bond donors (Lipinski definition) is 1. The van der Waals surface area contributed by atoms with Crippen LogP contribution in [0.5, 0.6) is 0 Å². The summed E-state index contributed by atoms with van der Waals surface area (Å²) in [6, 6.07) is 0.384. The number of aromatic nitrogens is 1. The first-order chi connectivity index (χ1) is 6.59. The molecule has 1 aliphatic carbocycles. The van der Waals surface area contributed by atoms with Crippen LogP contribution in [0.25, 0.3) is 0 Å². The van der Waals surface area contributed by atoms with Gasteiger partial charge in [0.05, 0.1) is 5.51 Å². The SMILES string of the molecule is CC1(C)CCC(N)CC1c1cncs1. The highest BCUT2D eigenvalue weighted by molar-refractivity contribution is 7.09. The van der Waals surface area contributed by atoms with E-state index in [1.807, 2.05) is 11.7 Å². The van der Waals surface area contributed by atoms with E-state index in [4.69, 9.17) is 5.73 Å². The lowest BCUT2D eigenvalue weighted by Crippen LogP contribution is -2.36. The molecule has 0 radical (unpaired) electrons. The number of nitrogens with zero attached hydrogens (tertiary/aromatic N) is 1. The molecule has 1 heterocycles. The molecule has 1 saturated carbocycles. The standard InChI is InChI=1S/C11H18N2S/c1-11(2)4-3-8(12)5-9(11)10-6-13-7-14-10/h6-9H,3-5,12H2,1-2H3. The van der Waals surface area contributed by atoms with Crippen LogP contribution in [0.1, 0.15) is 43.9 Å². The monoisotopic (exact) mass is 210 g/mol. The molecule has 2 unspecified atom stereocenters. The minimum absolute atomic E-state index is 0.384. The first kappa shape index (κ1) is 10.1. The zero-order valence-corrected chi connectivity index (χ0v) is 9.68. The van der Waals surface area contributed by atoms with E-state index < -0.39 is 0 Å². The van der Waals surface area contributed by atoms with Crippen LogP contribution in [0, 0.1) is 5.41 Å². The third kappa shape index (κ3) is 1.84. The Hall–Kier alpha value is -0.410. The van der Waals surface area contributed by atoms with Crippen molar-refractivity contribution in [3.05, 3.63) is 16.6 Å². The maximum atomic E-state index is 6.04. The van der Waals surface area contributed by atoms with E-state index in [2.05, 4.69) is 18.8 Å². The zero-order chi connectivity index (χ0) is 10.2. The third-order valence-corrected chi connectivity index (χ3v) is 4.33. The van der Waals surface area contributed by atoms with Gasteiger partial charge in [-0.2, -0.15) is 0 Å². The zero-order valence-electron chi connectivity index (χ0n) is 8.86. The summed E-state index contributed by atoms with van der Waals surface area (Å²) in [5.41, 5.74) is 8.35. The van der Waals surface area contributed by atoms with E-state index >= 15 is 0 Å². The van der Waals surface area contributed by atoms with Gasteiger partial charge >= 0.3 is 0 Å². The molecular formula is C11H18N2S. The molecule has 14 heavy (non-hydrogen) atoms. The van der Waals surface area contributed by atoms with Gasteiger partial charge < -0.3 is 5.73 Å². The predicted molar refractivity (Wildman–Crippen MR) is 60.5 cm³/mol. The van der Waals surface area contributed by atoms with E-state index in [1.165, 1.54) is 17.7 Å². The lowest BCUT2D eigenvalue weighted by atomic mass is 9.67. The molecular weight excluding hydrogens is 192 g/mol. The molecule has 3 heteroatoms. The van der Waals surface area contributed by atoms with Crippen LogP contribution in [-0.2, 0) is 0 Å². The Labute approximate surface area is 89.5 Å². The number of nitrogens with two attached hydrogens (primary N) is 1. The van der Waals surface area contributed by atoms with Crippen molar-refractivity contribution in [1.82, 2.24) is 4.98 Å². The molecule has 2 atom stereocenters. The van der Waals surface area contributed by atoms with Gasteiger partial charge in [-0.25, -0.2) is 0 Å². The fourth-order valence-corrected chi connectivity index (χ4v) is 3.31. The summed E-state index contributed by atoms with van der Waals surface area (Å²) in [4.78, 5) is 5.57. The van der Waals surface area contributed by atoms with Crippen molar-refractivity contribution in [1.29, 1.82) is 0 Å². The Bertz CT molecular complexity index is 292. The minimum atomic E-state index is 0.384. The van der Waals surface area contributed by atoms with Crippen molar-refractivity contribution < 1.29 is 0 Å². The van der Waals surface area contributed by atoms with E-state index in [-0.39, 0.29) is 0 Å². The number of hydrogen-bond acceptors (Lipinski definition) is 3. The fourth-order valence-electron chi connectivity index (χ4n) is 2.37. The summed E-state index contributed by atoms with van der Waals surface area (Å²) in [6.45, 7) is 4.70. The van der Waals surface area contributed by atoms with Crippen LogP contribution < -0.4 is 5.73 Å². The normalized spacial score (nSPS) is 31.6. The maximum Gasteiger partial charge on any atom is 0.0794 e. The van der Waals surface area contributed by atoms with Gasteiger partial charge in [-0.1, -0.05) is 13.8 Å². The van der Waals surface area contributed by atoms with E-state index in [0.29, 0.717) is 17.4 Å². The Morgan fingerprint density at radius 1 is 1.57 bits per heavy atom. The maximum absolute atomic E-state index is 6.04. The highest BCUT2D eigenvalue weighted by atomic mass is 32.1. The second-order valence-corrected chi connectivity index (χ2v) is 5.90. The number of thiazole rings is 1. The largest absolute Gasteiger partial charge is 0.328 e.